The van der Waals surface area contributed by atoms with Crippen LogP contribution in [0.4, 0.5) is 0 Å². The quantitative estimate of drug-likeness (QED) is 0.362. The summed E-state index contributed by atoms with van der Waals surface area (Å²) >= 11 is 0. The van der Waals surface area contributed by atoms with E-state index in [1.807, 2.05) is 0 Å². The summed E-state index contributed by atoms with van der Waals surface area (Å²) in [7, 11) is 0. The molecule has 1 aliphatic rings. The van der Waals surface area contributed by atoms with E-state index >= 15 is 0 Å². The Morgan fingerprint density at radius 3 is 1.86 bits per heavy atom. The Morgan fingerprint density at radius 2 is 1.41 bits per heavy atom. The zero-order chi connectivity index (χ0) is 16.0. The van der Waals surface area contributed by atoms with E-state index in [0.29, 0.717) is 6.42 Å². The van der Waals surface area contributed by atoms with Crippen LogP contribution in [0.3, 0.4) is 0 Å². The van der Waals surface area contributed by atoms with E-state index in [1.54, 1.807) is 0 Å². The molecule has 0 aliphatic carbocycles. The number of aliphatic hydroxyl groups excluding tert-OH is 1. The van der Waals surface area contributed by atoms with E-state index in [-0.39, 0.29) is 24.6 Å². The number of hydrogen-bond donors (Lipinski definition) is 1. The number of hydrogen-bond acceptors (Lipinski definition) is 3. The Morgan fingerprint density at radius 1 is 0.909 bits per heavy atom. The van der Waals surface area contributed by atoms with Gasteiger partial charge < -0.3 is 9.84 Å². The van der Waals surface area contributed by atoms with E-state index in [9.17, 15) is 4.79 Å². The lowest BCUT2D eigenvalue weighted by molar-refractivity contribution is -0.145. The van der Waals surface area contributed by atoms with Crippen molar-refractivity contribution in [2.45, 2.75) is 103 Å². The Balaban J connectivity index is 1.81. The fourth-order valence-electron chi connectivity index (χ4n) is 3.30. The molecule has 0 bridgehead atoms. The molecule has 130 valence electrons. The summed E-state index contributed by atoms with van der Waals surface area (Å²) in [5, 5.41) is 9.00. The largest absolute Gasteiger partial charge is 0.460 e. The number of aliphatic hydroxyl groups is 1. The van der Waals surface area contributed by atoms with E-state index in [4.69, 9.17) is 9.84 Å². The SMILES string of the molecule is CCCCCCCCCCCCCCC1CC(CO)OC1=O. The Bertz CT molecular complexity index is 278. The van der Waals surface area contributed by atoms with Gasteiger partial charge in [0.25, 0.3) is 0 Å². The molecule has 0 radical (unpaired) electrons. The molecule has 1 heterocycles. The van der Waals surface area contributed by atoms with Crippen molar-refractivity contribution in [3.8, 4) is 0 Å². The van der Waals surface area contributed by atoms with Crippen molar-refractivity contribution in [2.75, 3.05) is 6.61 Å². The summed E-state index contributed by atoms with van der Waals surface area (Å²) in [5.74, 6) is -0.0533. The summed E-state index contributed by atoms with van der Waals surface area (Å²) in [6.07, 6.45) is 17.5. The third kappa shape index (κ3) is 8.77. The zero-order valence-electron chi connectivity index (χ0n) is 14.5. The molecular formula is C19H36O3. The summed E-state index contributed by atoms with van der Waals surface area (Å²) in [6, 6.07) is 0. The minimum Gasteiger partial charge on any atom is -0.460 e. The molecule has 22 heavy (non-hydrogen) atoms. The second-order valence-electron chi connectivity index (χ2n) is 6.85. The van der Waals surface area contributed by atoms with Gasteiger partial charge in [0, 0.05) is 0 Å². The number of cyclic esters (lactones) is 1. The van der Waals surface area contributed by atoms with Gasteiger partial charge in [-0.2, -0.15) is 0 Å². The molecule has 0 aromatic carbocycles. The summed E-state index contributed by atoms with van der Waals surface area (Å²) < 4.78 is 5.09. The maximum Gasteiger partial charge on any atom is 0.309 e. The lowest BCUT2D eigenvalue weighted by Crippen LogP contribution is -2.10. The lowest BCUT2D eigenvalue weighted by atomic mass is 9.97. The Labute approximate surface area is 136 Å². The second kappa shape index (κ2) is 12.9. The number of rotatable bonds is 14. The van der Waals surface area contributed by atoms with Gasteiger partial charge in [-0.3, -0.25) is 4.79 Å². The van der Waals surface area contributed by atoms with Gasteiger partial charge in [-0.15, -0.1) is 0 Å². The maximum absolute atomic E-state index is 11.5. The molecule has 0 aromatic heterocycles. The fraction of sp³-hybridized carbons (Fsp3) is 0.947. The minimum atomic E-state index is -0.241. The first-order valence-electron chi connectivity index (χ1n) is 9.59. The summed E-state index contributed by atoms with van der Waals surface area (Å²) in [4.78, 5) is 11.5. The molecule has 1 N–H and O–H groups in total. The molecule has 3 nitrogen and oxygen atoms in total. The van der Waals surface area contributed by atoms with Gasteiger partial charge in [-0.1, -0.05) is 84.0 Å². The Hall–Kier alpha value is -0.570. The number of esters is 1. The van der Waals surface area contributed by atoms with E-state index in [2.05, 4.69) is 6.92 Å². The van der Waals surface area contributed by atoms with Crippen LogP contribution in [0.2, 0.25) is 0 Å². The Kier molecular flexibility index (Phi) is 11.4. The van der Waals surface area contributed by atoms with Gasteiger partial charge in [0.2, 0.25) is 0 Å². The van der Waals surface area contributed by atoms with Crippen LogP contribution in [-0.4, -0.2) is 23.8 Å². The van der Waals surface area contributed by atoms with E-state index < -0.39 is 0 Å². The minimum absolute atomic E-state index is 0.0271. The summed E-state index contributed by atoms with van der Waals surface area (Å²) in [5.41, 5.74) is 0. The van der Waals surface area contributed by atoms with Crippen LogP contribution in [0.1, 0.15) is 96.8 Å². The topological polar surface area (TPSA) is 46.5 Å². The molecular weight excluding hydrogens is 276 g/mol. The van der Waals surface area contributed by atoms with Gasteiger partial charge in [0.1, 0.15) is 6.10 Å². The molecule has 0 amide bonds. The van der Waals surface area contributed by atoms with Crippen molar-refractivity contribution >= 4 is 5.97 Å². The molecule has 0 spiro atoms. The van der Waals surface area contributed by atoms with Crippen LogP contribution < -0.4 is 0 Å². The lowest BCUT2D eigenvalue weighted by Gasteiger charge is -2.05. The molecule has 3 heteroatoms. The average Bonchev–Trinajstić information content (AvgIpc) is 2.89. The van der Waals surface area contributed by atoms with Gasteiger partial charge in [0.15, 0.2) is 0 Å². The maximum atomic E-state index is 11.5. The van der Waals surface area contributed by atoms with Crippen molar-refractivity contribution in [2.24, 2.45) is 5.92 Å². The monoisotopic (exact) mass is 312 g/mol. The molecule has 1 aliphatic heterocycles. The van der Waals surface area contributed by atoms with Crippen LogP contribution in [0.5, 0.6) is 0 Å². The van der Waals surface area contributed by atoms with Crippen molar-refractivity contribution < 1.29 is 14.6 Å². The smallest absolute Gasteiger partial charge is 0.309 e. The number of unbranched alkanes of at least 4 members (excludes halogenated alkanes) is 11. The molecule has 2 unspecified atom stereocenters. The first-order valence-corrected chi connectivity index (χ1v) is 9.59. The molecule has 1 rings (SSSR count). The van der Waals surface area contributed by atoms with Crippen LogP contribution >= 0.6 is 0 Å². The standard InChI is InChI=1S/C19H36O3/c1-2-3-4-5-6-7-8-9-10-11-12-13-14-17-15-18(16-20)22-19(17)21/h17-18,20H,2-16H2,1H3. The fourth-order valence-corrected chi connectivity index (χ4v) is 3.30. The number of carbonyl (C=O) groups is 1. The predicted octanol–water partition coefficient (Wildman–Crippen LogP) is 5.00. The third-order valence-electron chi connectivity index (χ3n) is 4.77. The molecule has 0 saturated carbocycles. The van der Waals surface area contributed by atoms with Crippen molar-refractivity contribution in [3.63, 3.8) is 0 Å². The highest BCUT2D eigenvalue weighted by atomic mass is 16.6. The van der Waals surface area contributed by atoms with Crippen LogP contribution in [0.15, 0.2) is 0 Å². The van der Waals surface area contributed by atoms with Crippen LogP contribution in [-0.2, 0) is 9.53 Å². The van der Waals surface area contributed by atoms with Crippen LogP contribution in [0, 0.1) is 5.92 Å². The molecule has 1 saturated heterocycles. The van der Waals surface area contributed by atoms with Crippen molar-refractivity contribution in [3.05, 3.63) is 0 Å². The van der Waals surface area contributed by atoms with Crippen molar-refractivity contribution in [1.82, 2.24) is 0 Å². The van der Waals surface area contributed by atoms with Gasteiger partial charge in [0.05, 0.1) is 12.5 Å². The van der Waals surface area contributed by atoms with Gasteiger partial charge in [-0.05, 0) is 12.8 Å². The molecule has 0 aromatic rings. The highest BCUT2D eigenvalue weighted by molar-refractivity contribution is 5.74. The predicted molar refractivity (Wildman–Crippen MR) is 90.8 cm³/mol. The van der Waals surface area contributed by atoms with E-state index in [1.165, 1.54) is 70.6 Å². The highest BCUT2D eigenvalue weighted by Crippen LogP contribution is 2.26. The zero-order valence-corrected chi connectivity index (χ0v) is 14.5. The molecule has 2 atom stereocenters. The first kappa shape index (κ1) is 19.5. The number of ether oxygens (including phenoxy) is 1. The highest BCUT2D eigenvalue weighted by Gasteiger charge is 2.33. The third-order valence-corrected chi connectivity index (χ3v) is 4.77. The average molecular weight is 312 g/mol. The van der Waals surface area contributed by atoms with Crippen molar-refractivity contribution in [1.29, 1.82) is 0 Å². The van der Waals surface area contributed by atoms with Gasteiger partial charge >= 0.3 is 5.97 Å². The van der Waals surface area contributed by atoms with Gasteiger partial charge in [-0.25, -0.2) is 0 Å². The summed E-state index contributed by atoms with van der Waals surface area (Å²) in [6.45, 7) is 2.24. The normalized spacial score (nSPS) is 21.3. The second-order valence-corrected chi connectivity index (χ2v) is 6.85. The number of carbonyl (C=O) groups excluding carboxylic acids is 1. The first-order chi connectivity index (χ1) is 10.8. The van der Waals surface area contributed by atoms with Crippen LogP contribution in [0.25, 0.3) is 0 Å². The molecule has 1 fully saturated rings. The van der Waals surface area contributed by atoms with E-state index in [0.717, 1.165) is 12.8 Å².